The predicted octanol–water partition coefficient (Wildman–Crippen LogP) is 1.50. The molecule has 0 aliphatic rings. The number of hydrogen-bond donors (Lipinski definition) is 2. The second kappa shape index (κ2) is 10.1. The molecule has 136 valence electrons. The normalized spacial score (nSPS) is 12.2. The van der Waals surface area contributed by atoms with E-state index in [4.69, 9.17) is 15.2 Å². The first kappa shape index (κ1) is 20.1. The maximum absolute atomic E-state index is 11.6. The van der Waals surface area contributed by atoms with E-state index < -0.39 is 17.4 Å². The van der Waals surface area contributed by atoms with E-state index in [1.807, 2.05) is 6.92 Å². The Hall–Kier alpha value is -2.90. The molecule has 1 aromatic carbocycles. The van der Waals surface area contributed by atoms with Gasteiger partial charge in [-0.1, -0.05) is 26.0 Å². The van der Waals surface area contributed by atoms with Crippen molar-refractivity contribution in [2.75, 3.05) is 18.6 Å². The van der Waals surface area contributed by atoms with Gasteiger partial charge < -0.3 is 15.2 Å². The van der Waals surface area contributed by atoms with E-state index >= 15 is 0 Å². The van der Waals surface area contributed by atoms with Crippen molar-refractivity contribution in [2.24, 2.45) is 16.8 Å². The molecule has 8 nitrogen and oxygen atoms in total. The molecule has 0 fully saturated rings. The van der Waals surface area contributed by atoms with Crippen LogP contribution in [0.3, 0.4) is 0 Å². The summed E-state index contributed by atoms with van der Waals surface area (Å²) < 4.78 is 10.6. The Bertz CT molecular complexity index is 641. The first-order valence-corrected chi connectivity index (χ1v) is 7.89. The van der Waals surface area contributed by atoms with Gasteiger partial charge in [0.05, 0.1) is 11.6 Å². The van der Waals surface area contributed by atoms with E-state index in [2.05, 4.69) is 10.5 Å². The first-order valence-electron chi connectivity index (χ1n) is 7.89. The van der Waals surface area contributed by atoms with Crippen molar-refractivity contribution < 1.29 is 23.9 Å². The van der Waals surface area contributed by atoms with E-state index in [1.165, 1.54) is 6.92 Å². The summed E-state index contributed by atoms with van der Waals surface area (Å²) in [6.45, 7) is 5.16. The lowest BCUT2D eigenvalue weighted by Gasteiger charge is -2.12. The van der Waals surface area contributed by atoms with Gasteiger partial charge in [-0.15, -0.1) is 0 Å². The minimum Gasteiger partial charge on any atom is -0.488 e. The number of hydrazone groups is 1. The van der Waals surface area contributed by atoms with Crippen LogP contribution in [0.1, 0.15) is 27.2 Å². The number of anilines is 1. The quantitative estimate of drug-likeness (QED) is 0.217. The Morgan fingerprint density at radius 3 is 2.52 bits per heavy atom. The highest BCUT2D eigenvalue weighted by atomic mass is 16.6. The monoisotopic (exact) mass is 349 g/mol. The standard InChI is InChI=1S/C17H23N3O5/c1-4-11(2)17(23)25-10-9-24-14-8-6-5-7-13(14)19-20-15(12(3)21)16(18)22/h5-8,11,19H,4,9-10H2,1-3H3,(H2,18,22)/b20-15+/t11-/m0/s1. The SMILES string of the molecule is CC[C@H](C)C(=O)OCCOc1ccccc1N/N=C(\C(C)=O)C(N)=O. The molecule has 0 unspecified atom stereocenters. The molecule has 3 N–H and O–H groups in total. The number of nitrogens with two attached hydrogens (primary N) is 1. The van der Waals surface area contributed by atoms with Gasteiger partial charge in [0.1, 0.15) is 19.0 Å². The molecule has 0 aliphatic carbocycles. The van der Waals surface area contributed by atoms with Gasteiger partial charge in [-0.2, -0.15) is 5.10 Å². The topological polar surface area (TPSA) is 120 Å². The summed E-state index contributed by atoms with van der Waals surface area (Å²) in [5, 5.41) is 3.72. The molecule has 1 amide bonds. The maximum atomic E-state index is 11.6. The molecule has 0 bridgehead atoms. The van der Waals surface area contributed by atoms with Crippen LogP contribution in [0.4, 0.5) is 5.69 Å². The lowest BCUT2D eigenvalue weighted by atomic mass is 10.1. The number of benzene rings is 1. The van der Waals surface area contributed by atoms with Crippen LogP contribution >= 0.6 is 0 Å². The minimum atomic E-state index is -0.921. The van der Waals surface area contributed by atoms with Gasteiger partial charge >= 0.3 is 5.97 Å². The highest BCUT2D eigenvalue weighted by Crippen LogP contribution is 2.23. The number of nitrogens with zero attached hydrogens (tertiary/aromatic N) is 1. The van der Waals surface area contributed by atoms with E-state index in [1.54, 1.807) is 31.2 Å². The Balaban J connectivity index is 2.65. The first-order chi connectivity index (χ1) is 11.9. The van der Waals surface area contributed by atoms with Gasteiger partial charge in [0.25, 0.3) is 5.91 Å². The number of primary amides is 1. The highest BCUT2D eigenvalue weighted by molar-refractivity contribution is 6.65. The maximum Gasteiger partial charge on any atom is 0.308 e. The van der Waals surface area contributed by atoms with Gasteiger partial charge in [-0.3, -0.25) is 19.8 Å². The molecule has 0 radical (unpaired) electrons. The molecule has 1 atom stereocenters. The van der Waals surface area contributed by atoms with Crippen LogP contribution in [0.15, 0.2) is 29.4 Å². The van der Waals surface area contributed by atoms with Gasteiger partial charge in [-0.25, -0.2) is 0 Å². The average molecular weight is 349 g/mol. The summed E-state index contributed by atoms with van der Waals surface area (Å²) >= 11 is 0. The largest absolute Gasteiger partial charge is 0.488 e. The molecule has 1 aromatic rings. The fourth-order valence-electron chi connectivity index (χ4n) is 1.71. The summed E-state index contributed by atoms with van der Waals surface area (Å²) in [5.74, 6) is -1.46. The average Bonchev–Trinajstić information content (AvgIpc) is 2.58. The number of carbonyl (C=O) groups excluding carboxylic acids is 3. The van der Waals surface area contributed by atoms with Crippen molar-refractivity contribution in [3.05, 3.63) is 24.3 Å². The third kappa shape index (κ3) is 6.62. The third-order valence-corrected chi connectivity index (χ3v) is 3.34. The Morgan fingerprint density at radius 2 is 1.92 bits per heavy atom. The molecule has 0 spiro atoms. The molecule has 0 aromatic heterocycles. The number of carbonyl (C=O) groups is 3. The van der Waals surface area contributed by atoms with Gasteiger partial charge in [0.2, 0.25) is 0 Å². The van der Waals surface area contributed by atoms with Crippen LogP contribution in [0.2, 0.25) is 0 Å². The smallest absolute Gasteiger partial charge is 0.308 e. The van der Waals surface area contributed by atoms with Gasteiger partial charge in [0.15, 0.2) is 11.5 Å². The summed E-state index contributed by atoms with van der Waals surface area (Å²) in [6.07, 6.45) is 0.711. The summed E-state index contributed by atoms with van der Waals surface area (Å²) in [6, 6.07) is 6.80. The predicted molar refractivity (Wildman–Crippen MR) is 93.3 cm³/mol. The Labute approximate surface area is 146 Å². The molecule has 25 heavy (non-hydrogen) atoms. The zero-order chi connectivity index (χ0) is 18.8. The van der Waals surface area contributed by atoms with Crippen LogP contribution in [0, 0.1) is 5.92 Å². The molecule has 0 saturated carbocycles. The Kier molecular flexibility index (Phi) is 8.11. The lowest BCUT2D eigenvalue weighted by molar-refractivity contribution is -0.148. The van der Waals surface area contributed by atoms with Crippen molar-refractivity contribution >= 4 is 29.1 Å². The number of ketones is 1. The van der Waals surface area contributed by atoms with E-state index in [-0.39, 0.29) is 25.1 Å². The molecular weight excluding hydrogens is 326 g/mol. The van der Waals surface area contributed by atoms with Crippen molar-refractivity contribution in [3.63, 3.8) is 0 Å². The van der Waals surface area contributed by atoms with Crippen LogP contribution in [0.25, 0.3) is 0 Å². The number of ether oxygens (including phenoxy) is 2. The molecule has 0 saturated heterocycles. The summed E-state index contributed by atoms with van der Waals surface area (Å²) in [7, 11) is 0. The number of Topliss-reactive ketones (excluding diaryl/α,β-unsaturated/α-hetero) is 1. The molecule has 0 heterocycles. The van der Waals surface area contributed by atoms with Crippen LogP contribution in [0.5, 0.6) is 5.75 Å². The Morgan fingerprint density at radius 1 is 1.24 bits per heavy atom. The fraction of sp³-hybridized carbons (Fsp3) is 0.412. The van der Waals surface area contributed by atoms with Crippen molar-refractivity contribution in [1.82, 2.24) is 0 Å². The van der Waals surface area contributed by atoms with Crippen LogP contribution in [-0.4, -0.2) is 36.6 Å². The zero-order valence-corrected chi connectivity index (χ0v) is 14.6. The van der Waals surface area contributed by atoms with Crippen molar-refractivity contribution in [3.8, 4) is 5.75 Å². The second-order valence-electron chi connectivity index (χ2n) is 5.31. The van der Waals surface area contributed by atoms with E-state index in [9.17, 15) is 14.4 Å². The van der Waals surface area contributed by atoms with Crippen molar-refractivity contribution in [1.29, 1.82) is 0 Å². The van der Waals surface area contributed by atoms with Crippen LogP contribution in [-0.2, 0) is 19.1 Å². The van der Waals surface area contributed by atoms with Crippen molar-refractivity contribution in [2.45, 2.75) is 27.2 Å². The second-order valence-corrected chi connectivity index (χ2v) is 5.31. The third-order valence-electron chi connectivity index (χ3n) is 3.34. The van der Waals surface area contributed by atoms with E-state index in [0.29, 0.717) is 17.9 Å². The number of nitrogens with one attached hydrogen (secondary N) is 1. The zero-order valence-electron chi connectivity index (χ0n) is 14.6. The number of hydrogen-bond acceptors (Lipinski definition) is 7. The van der Waals surface area contributed by atoms with Gasteiger partial charge in [-0.05, 0) is 18.6 Å². The molecule has 1 rings (SSSR count). The fourth-order valence-corrected chi connectivity index (χ4v) is 1.71. The van der Waals surface area contributed by atoms with Gasteiger partial charge in [0, 0.05) is 6.92 Å². The lowest BCUT2D eigenvalue weighted by Crippen LogP contribution is -2.30. The number of para-hydroxylation sites is 2. The number of esters is 1. The number of rotatable bonds is 10. The summed E-state index contributed by atoms with van der Waals surface area (Å²) in [5.41, 5.74) is 7.73. The molecular formula is C17H23N3O5. The molecule has 0 aliphatic heterocycles. The summed E-state index contributed by atoms with van der Waals surface area (Å²) in [4.78, 5) is 34.0. The number of amides is 1. The highest BCUT2D eigenvalue weighted by Gasteiger charge is 2.14. The minimum absolute atomic E-state index is 0.112. The molecule has 8 heteroatoms. The van der Waals surface area contributed by atoms with Crippen LogP contribution < -0.4 is 15.9 Å². The van der Waals surface area contributed by atoms with E-state index in [0.717, 1.165) is 0 Å².